The van der Waals surface area contributed by atoms with E-state index < -0.39 is 0 Å². The van der Waals surface area contributed by atoms with Crippen LogP contribution in [0.5, 0.6) is 0 Å². The summed E-state index contributed by atoms with van der Waals surface area (Å²) in [5.74, 6) is 0.0191. The third kappa shape index (κ3) is 14.8. The van der Waals surface area contributed by atoms with Crippen molar-refractivity contribution in [3.63, 3.8) is 0 Å². The number of unbranched alkanes of at least 4 members (excludes halogenated alkanes) is 4. The van der Waals surface area contributed by atoms with E-state index >= 15 is 0 Å². The van der Waals surface area contributed by atoms with Gasteiger partial charge >= 0.3 is 5.97 Å². The Labute approximate surface area is 121 Å². The summed E-state index contributed by atoms with van der Waals surface area (Å²) < 4.78 is 10.2. The second-order valence-electron chi connectivity index (χ2n) is 4.76. The second kappa shape index (κ2) is 14.2. The van der Waals surface area contributed by atoms with Crippen molar-refractivity contribution in [3.8, 4) is 0 Å². The lowest BCUT2D eigenvalue weighted by Crippen LogP contribution is -2.11. The molecule has 0 amide bonds. The predicted octanol–water partition coefficient (Wildman–Crippen LogP) is 2.45. The van der Waals surface area contributed by atoms with Gasteiger partial charge in [0.15, 0.2) is 0 Å². The van der Waals surface area contributed by atoms with Crippen LogP contribution in [0.1, 0.15) is 58.3 Å². The van der Waals surface area contributed by atoms with Crippen molar-refractivity contribution < 1.29 is 23.9 Å². The highest BCUT2D eigenvalue weighted by Crippen LogP contribution is 2.06. The first-order chi connectivity index (χ1) is 9.66. The molecule has 5 heteroatoms. The van der Waals surface area contributed by atoms with Gasteiger partial charge < -0.3 is 19.1 Å². The summed E-state index contributed by atoms with van der Waals surface area (Å²) in [6.45, 7) is 2.76. The van der Waals surface area contributed by atoms with Gasteiger partial charge in [-0.15, -0.1) is 0 Å². The molecule has 0 unspecified atom stereocenters. The number of esters is 1. The largest absolute Gasteiger partial charge is 0.463 e. The average molecular weight is 286 g/mol. The van der Waals surface area contributed by atoms with Crippen LogP contribution in [0.25, 0.3) is 0 Å². The van der Waals surface area contributed by atoms with Crippen molar-refractivity contribution in [2.24, 2.45) is 0 Å². The van der Waals surface area contributed by atoms with E-state index in [-0.39, 0.29) is 18.4 Å². The summed E-state index contributed by atoms with van der Waals surface area (Å²) in [6, 6.07) is 0. The lowest BCUT2D eigenvalue weighted by atomic mass is 10.1. The molecule has 0 aromatic carbocycles. The van der Waals surface area contributed by atoms with E-state index in [4.69, 9.17) is 9.47 Å². The summed E-state index contributed by atoms with van der Waals surface area (Å²) in [4.78, 5) is 32.1. The van der Waals surface area contributed by atoms with Gasteiger partial charge in [0.2, 0.25) is 0 Å². The number of ketones is 1. The van der Waals surface area contributed by atoms with E-state index in [0.29, 0.717) is 38.9 Å². The molecule has 116 valence electrons. The van der Waals surface area contributed by atoms with Crippen molar-refractivity contribution in [2.45, 2.75) is 58.3 Å². The van der Waals surface area contributed by atoms with Crippen molar-refractivity contribution in [3.05, 3.63) is 0 Å². The van der Waals surface area contributed by atoms with Gasteiger partial charge in [0.05, 0.1) is 6.61 Å². The Morgan fingerprint density at radius 2 is 1.60 bits per heavy atom. The van der Waals surface area contributed by atoms with E-state index in [1.165, 1.54) is 0 Å². The molecule has 0 N–H and O–H groups in total. The minimum Gasteiger partial charge on any atom is -0.463 e. The summed E-state index contributed by atoms with van der Waals surface area (Å²) in [5, 5.41) is 0. The summed E-state index contributed by atoms with van der Waals surface area (Å²) in [6.07, 6.45) is 6.76. The number of carbonyl (C=O) groups excluding carboxylic acids is 3. The van der Waals surface area contributed by atoms with Crippen molar-refractivity contribution in [1.82, 2.24) is 0 Å². The molecule has 0 atom stereocenters. The number of aldehydes is 1. The fourth-order valence-corrected chi connectivity index (χ4v) is 1.65. The minimum atomic E-state index is -0.201. The Morgan fingerprint density at radius 1 is 0.900 bits per heavy atom. The van der Waals surface area contributed by atoms with Crippen LogP contribution in [0, 0.1) is 0 Å². The highest BCUT2D eigenvalue weighted by molar-refractivity contribution is 5.75. The van der Waals surface area contributed by atoms with Crippen LogP contribution < -0.4 is 0 Å². The first-order valence-corrected chi connectivity index (χ1v) is 7.33. The number of hydrogen-bond acceptors (Lipinski definition) is 5. The highest BCUT2D eigenvalue weighted by Gasteiger charge is 2.02. The maximum Gasteiger partial charge on any atom is 0.305 e. The molecule has 5 nitrogen and oxygen atoms in total. The first-order valence-electron chi connectivity index (χ1n) is 7.33. The fraction of sp³-hybridized carbons (Fsp3) is 0.800. The van der Waals surface area contributed by atoms with Gasteiger partial charge in [0.1, 0.15) is 18.7 Å². The van der Waals surface area contributed by atoms with Gasteiger partial charge in [0.25, 0.3) is 0 Å². The molecule has 0 rings (SSSR count). The molecule has 0 saturated carbocycles. The standard InChI is InChI=1S/C15H26O5/c1-14(17)8-4-2-3-5-9-15(18)20-13-12-19-11-7-6-10-16/h10H,2-9,11-13H2,1H3. The molecule has 0 aromatic rings. The molecule has 0 aliphatic carbocycles. The number of Topliss-reactive ketones (excluding diaryl/α,β-unsaturated/α-hetero) is 1. The normalized spacial score (nSPS) is 10.2. The van der Waals surface area contributed by atoms with Crippen LogP contribution >= 0.6 is 0 Å². The molecule has 0 radical (unpaired) electrons. The Morgan fingerprint density at radius 3 is 2.25 bits per heavy atom. The van der Waals surface area contributed by atoms with Crippen LogP contribution in [-0.2, 0) is 23.9 Å². The lowest BCUT2D eigenvalue weighted by Gasteiger charge is -2.05. The molecule has 0 aromatic heterocycles. The minimum absolute atomic E-state index is 0.201. The van der Waals surface area contributed by atoms with Crippen LogP contribution in [0.15, 0.2) is 0 Å². The first kappa shape index (κ1) is 18.8. The average Bonchev–Trinajstić information content (AvgIpc) is 2.41. The molecule has 0 aliphatic rings. The van der Waals surface area contributed by atoms with Gasteiger partial charge in [-0.2, -0.15) is 0 Å². The Hall–Kier alpha value is -1.23. The second-order valence-corrected chi connectivity index (χ2v) is 4.76. The number of carbonyl (C=O) groups is 3. The lowest BCUT2D eigenvalue weighted by molar-refractivity contribution is -0.145. The van der Waals surface area contributed by atoms with Crippen molar-refractivity contribution >= 4 is 18.0 Å². The number of rotatable bonds is 14. The summed E-state index contributed by atoms with van der Waals surface area (Å²) in [7, 11) is 0. The van der Waals surface area contributed by atoms with E-state index in [0.717, 1.165) is 32.0 Å². The third-order valence-electron chi connectivity index (χ3n) is 2.76. The van der Waals surface area contributed by atoms with Crippen molar-refractivity contribution in [2.75, 3.05) is 19.8 Å². The molecular weight excluding hydrogens is 260 g/mol. The topological polar surface area (TPSA) is 69.7 Å². The van der Waals surface area contributed by atoms with E-state index in [9.17, 15) is 14.4 Å². The molecule has 0 bridgehead atoms. The van der Waals surface area contributed by atoms with Crippen molar-refractivity contribution in [1.29, 1.82) is 0 Å². The smallest absolute Gasteiger partial charge is 0.305 e. The molecular formula is C15H26O5. The van der Waals surface area contributed by atoms with Crippen LogP contribution in [0.4, 0.5) is 0 Å². The van der Waals surface area contributed by atoms with E-state index in [1.54, 1.807) is 6.92 Å². The van der Waals surface area contributed by atoms with E-state index in [1.807, 2.05) is 0 Å². The molecule has 20 heavy (non-hydrogen) atoms. The Bertz CT molecular complexity index is 275. The number of ether oxygens (including phenoxy) is 2. The van der Waals surface area contributed by atoms with Crippen LogP contribution in [-0.4, -0.2) is 37.9 Å². The van der Waals surface area contributed by atoms with Gasteiger partial charge in [-0.05, 0) is 26.2 Å². The van der Waals surface area contributed by atoms with Crippen LogP contribution in [0.2, 0.25) is 0 Å². The SMILES string of the molecule is CC(=O)CCCCCCC(=O)OCCOCCCC=O. The monoisotopic (exact) mass is 286 g/mol. The molecule has 0 heterocycles. The molecule has 0 aliphatic heterocycles. The van der Waals surface area contributed by atoms with Gasteiger partial charge in [0, 0.05) is 25.9 Å². The quantitative estimate of drug-likeness (QED) is 0.279. The maximum atomic E-state index is 11.3. The van der Waals surface area contributed by atoms with Gasteiger partial charge in [-0.1, -0.05) is 12.8 Å². The summed E-state index contributed by atoms with van der Waals surface area (Å²) >= 11 is 0. The summed E-state index contributed by atoms with van der Waals surface area (Å²) in [5.41, 5.74) is 0. The zero-order valence-electron chi connectivity index (χ0n) is 12.4. The fourth-order valence-electron chi connectivity index (χ4n) is 1.65. The highest BCUT2D eigenvalue weighted by atomic mass is 16.6. The van der Waals surface area contributed by atoms with Crippen LogP contribution in [0.3, 0.4) is 0 Å². The Kier molecular flexibility index (Phi) is 13.3. The number of hydrogen-bond donors (Lipinski definition) is 0. The molecule has 0 fully saturated rings. The predicted molar refractivity (Wildman–Crippen MR) is 75.5 cm³/mol. The van der Waals surface area contributed by atoms with E-state index in [2.05, 4.69) is 0 Å². The molecule has 0 saturated heterocycles. The van der Waals surface area contributed by atoms with Gasteiger partial charge in [-0.3, -0.25) is 4.79 Å². The molecule has 0 spiro atoms. The van der Waals surface area contributed by atoms with Gasteiger partial charge in [-0.25, -0.2) is 0 Å². The maximum absolute atomic E-state index is 11.3. The zero-order chi connectivity index (χ0) is 15.1. The third-order valence-corrected chi connectivity index (χ3v) is 2.76. The Balaban J connectivity index is 3.20. The zero-order valence-corrected chi connectivity index (χ0v) is 12.4.